The number of hydrogen-bond donors (Lipinski definition) is 0. The van der Waals surface area contributed by atoms with Gasteiger partial charge in [0.05, 0.1) is 72.9 Å². The number of fused-ring (bicyclic) bond motifs is 2. The average Bonchev–Trinajstić information content (AvgIpc) is 3.72. The van der Waals surface area contributed by atoms with Crippen molar-refractivity contribution >= 4 is 43.7 Å². The molecule has 0 radical (unpaired) electrons. The van der Waals surface area contributed by atoms with E-state index in [4.69, 9.17) is 18.9 Å². The maximum Gasteiger partial charge on any atom is 0.128 e. The molecule has 0 N–H and O–H groups in total. The minimum Gasteiger partial charge on any atom is -0.497 e. The number of aromatic nitrogens is 6. The molecule has 48 heavy (non-hydrogen) atoms. The normalized spacial score (nSPS) is 12.3. The summed E-state index contributed by atoms with van der Waals surface area (Å²) in [7, 11) is 3.66. The van der Waals surface area contributed by atoms with Crippen LogP contribution in [0.15, 0.2) is 59.1 Å². The highest BCUT2D eigenvalue weighted by Gasteiger charge is 2.14. The van der Waals surface area contributed by atoms with Crippen molar-refractivity contribution in [3.8, 4) is 23.0 Å². The van der Waals surface area contributed by atoms with Gasteiger partial charge in [-0.3, -0.25) is 18.4 Å². The molecule has 0 aliphatic carbocycles. The van der Waals surface area contributed by atoms with Crippen LogP contribution in [0.3, 0.4) is 0 Å². The third kappa shape index (κ3) is 7.34. The SMILES string of the molecule is COc1ccc2[n-]c([S@](=O)Cc3ncc(C)c(OC)c3C)nc2c1.COc1ccc2[n-]c([S@](=O)Cc3ncc(C)c(OC)c3C)nc2c1. The number of imidazole rings is 2. The third-order valence-corrected chi connectivity index (χ3v) is 9.92. The molecule has 0 aliphatic heterocycles. The van der Waals surface area contributed by atoms with E-state index in [1.165, 1.54) is 0 Å². The Morgan fingerprint density at radius 3 is 1.35 bits per heavy atom. The fraction of sp³-hybridized carbons (Fsp3) is 0.294. The first kappa shape index (κ1) is 34.5. The molecule has 0 bridgehead atoms. The van der Waals surface area contributed by atoms with Gasteiger partial charge in [-0.05, 0) is 74.0 Å². The second-order valence-electron chi connectivity index (χ2n) is 10.8. The van der Waals surface area contributed by atoms with Gasteiger partial charge in [0.25, 0.3) is 0 Å². The van der Waals surface area contributed by atoms with Crippen molar-refractivity contribution in [3.63, 3.8) is 0 Å². The van der Waals surface area contributed by atoms with E-state index in [1.807, 2.05) is 27.7 Å². The van der Waals surface area contributed by atoms with Crippen molar-refractivity contribution in [2.75, 3.05) is 28.4 Å². The summed E-state index contributed by atoms with van der Waals surface area (Å²) in [6.45, 7) is 7.69. The van der Waals surface area contributed by atoms with Crippen LogP contribution >= 0.6 is 0 Å². The summed E-state index contributed by atoms with van der Waals surface area (Å²) in [5, 5.41) is 0.609. The van der Waals surface area contributed by atoms with Crippen molar-refractivity contribution < 1.29 is 27.4 Å². The van der Waals surface area contributed by atoms with Gasteiger partial charge in [0.15, 0.2) is 0 Å². The topological polar surface area (TPSA) is 151 Å². The largest absolute Gasteiger partial charge is 0.497 e. The highest BCUT2D eigenvalue weighted by Crippen LogP contribution is 2.27. The fourth-order valence-corrected chi connectivity index (χ4v) is 7.24. The molecule has 0 saturated heterocycles. The molecular weight excluding hydrogens is 653 g/mol. The average molecular weight is 689 g/mol. The van der Waals surface area contributed by atoms with Gasteiger partial charge in [0, 0.05) is 45.0 Å². The van der Waals surface area contributed by atoms with Gasteiger partial charge >= 0.3 is 0 Å². The van der Waals surface area contributed by atoms with Crippen LogP contribution in [0.4, 0.5) is 0 Å². The molecule has 0 aliphatic rings. The van der Waals surface area contributed by atoms with E-state index in [-0.39, 0.29) is 11.5 Å². The number of benzene rings is 2. The molecule has 252 valence electrons. The van der Waals surface area contributed by atoms with Gasteiger partial charge < -0.3 is 38.9 Å². The van der Waals surface area contributed by atoms with Crippen LogP contribution in [0.2, 0.25) is 0 Å². The molecule has 0 spiro atoms. The van der Waals surface area contributed by atoms with Crippen LogP contribution in [-0.2, 0) is 33.1 Å². The molecule has 0 fully saturated rings. The summed E-state index contributed by atoms with van der Waals surface area (Å²) in [4.78, 5) is 26.2. The monoisotopic (exact) mass is 688 g/mol. The van der Waals surface area contributed by atoms with Crippen LogP contribution in [-0.4, -0.2) is 56.8 Å². The van der Waals surface area contributed by atoms with Gasteiger partial charge in [-0.25, -0.2) is 0 Å². The molecule has 12 nitrogen and oxygen atoms in total. The van der Waals surface area contributed by atoms with E-state index in [1.54, 1.807) is 77.2 Å². The van der Waals surface area contributed by atoms with E-state index in [9.17, 15) is 8.42 Å². The zero-order valence-electron chi connectivity index (χ0n) is 28.0. The first-order valence-corrected chi connectivity index (χ1v) is 17.4. The number of hydrogen-bond acceptors (Lipinski definition) is 10. The predicted octanol–water partition coefficient (Wildman–Crippen LogP) is 5.06. The van der Waals surface area contributed by atoms with E-state index in [0.29, 0.717) is 43.9 Å². The van der Waals surface area contributed by atoms with Crippen molar-refractivity contribution in [1.29, 1.82) is 0 Å². The number of ether oxygens (including phenoxy) is 4. The Labute approximate surface area is 283 Å². The molecule has 2 atom stereocenters. The van der Waals surface area contributed by atoms with Crippen molar-refractivity contribution in [2.24, 2.45) is 0 Å². The number of aryl methyl sites for hydroxylation is 2. The molecule has 2 aromatic carbocycles. The first-order chi connectivity index (χ1) is 23.1. The van der Waals surface area contributed by atoms with Gasteiger partial charge in [0.2, 0.25) is 0 Å². The van der Waals surface area contributed by atoms with Crippen LogP contribution in [0.5, 0.6) is 23.0 Å². The lowest BCUT2D eigenvalue weighted by molar-refractivity contribution is 0.407. The van der Waals surface area contributed by atoms with Crippen LogP contribution in [0.1, 0.15) is 33.6 Å². The van der Waals surface area contributed by atoms with Crippen LogP contribution in [0, 0.1) is 27.7 Å². The Bertz CT molecular complexity index is 1990. The summed E-state index contributed by atoms with van der Waals surface area (Å²) in [5.41, 5.74) is 7.87. The van der Waals surface area contributed by atoms with Gasteiger partial charge in [-0.1, -0.05) is 12.1 Å². The molecule has 4 aromatic heterocycles. The third-order valence-electron chi connectivity index (χ3n) is 7.67. The molecule has 0 unspecified atom stereocenters. The summed E-state index contributed by atoms with van der Waals surface area (Å²) in [6.07, 6.45) is 3.46. The van der Waals surface area contributed by atoms with Crippen molar-refractivity contribution in [1.82, 2.24) is 29.9 Å². The number of rotatable bonds is 10. The number of nitrogens with zero attached hydrogens (tertiary/aromatic N) is 6. The van der Waals surface area contributed by atoms with E-state index < -0.39 is 21.6 Å². The molecule has 6 aromatic rings. The fourth-order valence-electron chi connectivity index (χ4n) is 5.11. The summed E-state index contributed by atoms with van der Waals surface area (Å²) >= 11 is 0. The Hall–Kier alpha value is -4.82. The first-order valence-electron chi connectivity index (χ1n) is 14.8. The highest BCUT2D eigenvalue weighted by atomic mass is 32.2. The predicted molar refractivity (Wildman–Crippen MR) is 184 cm³/mol. The van der Waals surface area contributed by atoms with E-state index in [2.05, 4.69) is 29.9 Å². The molecule has 0 saturated carbocycles. The van der Waals surface area contributed by atoms with Gasteiger partial charge in [-0.2, -0.15) is 0 Å². The summed E-state index contributed by atoms with van der Waals surface area (Å²) in [5.74, 6) is 3.43. The Kier molecular flexibility index (Phi) is 10.7. The molecular formula is C34H36N6O6S2-2. The van der Waals surface area contributed by atoms with Crippen molar-refractivity contribution in [2.45, 2.75) is 49.5 Å². The molecule has 6 rings (SSSR count). The quantitative estimate of drug-likeness (QED) is 0.189. The Morgan fingerprint density at radius 2 is 1.00 bits per heavy atom. The smallest absolute Gasteiger partial charge is 0.128 e. The lowest BCUT2D eigenvalue weighted by atomic mass is 10.1. The van der Waals surface area contributed by atoms with E-state index >= 15 is 0 Å². The Balaban J connectivity index is 0.000000188. The summed E-state index contributed by atoms with van der Waals surface area (Å²) in [6, 6.07) is 10.8. The molecule has 14 heteroatoms. The maximum absolute atomic E-state index is 12.6. The minimum absolute atomic E-state index is 0.246. The highest BCUT2D eigenvalue weighted by molar-refractivity contribution is 7.84. The van der Waals surface area contributed by atoms with Gasteiger partial charge in [-0.15, -0.1) is 0 Å². The lowest BCUT2D eigenvalue weighted by Crippen LogP contribution is -2.05. The standard InChI is InChI=1S/2C17H18N3O3S/c2*1-10-8-18-15(11(2)16(10)23-4)9-24(21)17-19-13-6-5-12(22-3)7-14(13)20-17/h2*5-8H,9H2,1-4H3/q2*-1/t2*24-/m11/s1. The number of pyridine rings is 2. The maximum atomic E-state index is 12.6. The second kappa shape index (κ2) is 14.9. The van der Waals surface area contributed by atoms with Crippen LogP contribution < -0.4 is 28.9 Å². The summed E-state index contributed by atoms with van der Waals surface area (Å²) < 4.78 is 46.4. The Morgan fingerprint density at radius 1 is 0.604 bits per heavy atom. The molecule has 0 amide bonds. The van der Waals surface area contributed by atoms with E-state index in [0.717, 1.165) is 45.1 Å². The zero-order chi connectivity index (χ0) is 34.5. The number of methoxy groups -OCH3 is 4. The van der Waals surface area contributed by atoms with Crippen molar-refractivity contribution in [3.05, 3.63) is 82.4 Å². The van der Waals surface area contributed by atoms with Crippen LogP contribution in [0.25, 0.3) is 22.1 Å². The minimum atomic E-state index is -1.38. The second-order valence-corrected chi connectivity index (χ2v) is 13.5. The van der Waals surface area contributed by atoms with Gasteiger partial charge in [0.1, 0.15) is 23.0 Å². The zero-order valence-corrected chi connectivity index (χ0v) is 29.6. The lowest BCUT2D eigenvalue weighted by Gasteiger charge is -2.12. The molecule has 4 heterocycles.